The lowest BCUT2D eigenvalue weighted by Crippen LogP contribution is -1.99. The molecule has 0 spiro atoms. The predicted octanol–water partition coefficient (Wildman–Crippen LogP) is 2.45. The van der Waals surface area contributed by atoms with Crippen molar-refractivity contribution in [1.29, 1.82) is 0 Å². The Morgan fingerprint density at radius 2 is 2.14 bits per heavy atom. The summed E-state index contributed by atoms with van der Waals surface area (Å²) < 4.78 is 0. The second-order valence-corrected chi connectivity index (χ2v) is 3.36. The van der Waals surface area contributed by atoms with E-state index in [0.29, 0.717) is 23.2 Å². The Morgan fingerprint density at radius 1 is 1.36 bits per heavy atom. The van der Waals surface area contributed by atoms with Crippen LogP contribution in [0.3, 0.4) is 0 Å². The zero-order valence-corrected chi connectivity index (χ0v) is 8.92. The van der Waals surface area contributed by atoms with Gasteiger partial charge in [-0.05, 0) is 17.7 Å². The summed E-state index contributed by atoms with van der Waals surface area (Å²) in [5.74, 6) is 0. The van der Waals surface area contributed by atoms with Gasteiger partial charge in [-0.15, -0.1) is 0 Å². The van der Waals surface area contributed by atoms with E-state index in [1.807, 2.05) is 6.07 Å². The van der Waals surface area contributed by atoms with Crippen molar-refractivity contribution >= 4 is 29.4 Å². The van der Waals surface area contributed by atoms with Crippen molar-refractivity contribution in [2.24, 2.45) is 10.9 Å². The highest BCUT2D eigenvalue weighted by Gasteiger charge is 1.99. The largest absolute Gasteiger partial charge is 0.391 e. The van der Waals surface area contributed by atoms with Gasteiger partial charge in [0.25, 0.3) is 0 Å². The summed E-state index contributed by atoms with van der Waals surface area (Å²) in [5.41, 5.74) is 6.09. The molecule has 1 aromatic carbocycles. The van der Waals surface area contributed by atoms with Crippen molar-refractivity contribution < 1.29 is 4.84 Å². The first-order valence-electron chi connectivity index (χ1n) is 4.02. The molecule has 0 radical (unpaired) electrons. The van der Waals surface area contributed by atoms with Gasteiger partial charge in [0.1, 0.15) is 6.61 Å². The van der Waals surface area contributed by atoms with Gasteiger partial charge in [0.2, 0.25) is 0 Å². The smallest absolute Gasteiger partial charge is 0.142 e. The first-order valence-corrected chi connectivity index (χ1v) is 4.77. The van der Waals surface area contributed by atoms with Crippen LogP contribution in [-0.2, 0) is 11.4 Å². The molecule has 0 aromatic heterocycles. The van der Waals surface area contributed by atoms with Crippen LogP contribution in [0.15, 0.2) is 23.4 Å². The third kappa shape index (κ3) is 3.54. The molecule has 5 heteroatoms. The Kier molecular flexibility index (Phi) is 4.73. The standard InChI is InChI=1S/C9H10Cl2N2O/c10-8-2-1-7(5-9(8)11)6-14-13-4-3-12/h1-2,4-5H,3,6,12H2/b13-4+. The van der Waals surface area contributed by atoms with Gasteiger partial charge in [0, 0.05) is 6.54 Å². The summed E-state index contributed by atoms with van der Waals surface area (Å²) in [7, 11) is 0. The lowest BCUT2D eigenvalue weighted by atomic mass is 10.2. The van der Waals surface area contributed by atoms with Crippen molar-refractivity contribution in [1.82, 2.24) is 0 Å². The SMILES string of the molecule is NC/C=N/OCc1ccc(Cl)c(Cl)c1. The predicted molar refractivity (Wildman–Crippen MR) is 58.8 cm³/mol. The van der Waals surface area contributed by atoms with Crippen LogP contribution in [0.2, 0.25) is 10.0 Å². The molecule has 0 aliphatic heterocycles. The molecule has 2 N–H and O–H groups in total. The molecule has 0 atom stereocenters. The maximum Gasteiger partial charge on any atom is 0.142 e. The summed E-state index contributed by atoms with van der Waals surface area (Å²) in [4.78, 5) is 4.94. The number of hydrogen-bond acceptors (Lipinski definition) is 3. The summed E-state index contributed by atoms with van der Waals surface area (Å²) in [6, 6.07) is 5.28. The van der Waals surface area contributed by atoms with Gasteiger partial charge < -0.3 is 10.6 Å². The third-order valence-electron chi connectivity index (χ3n) is 1.47. The molecule has 1 rings (SSSR count). The number of rotatable bonds is 4. The normalized spacial score (nSPS) is 10.8. The Balaban J connectivity index is 2.51. The van der Waals surface area contributed by atoms with E-state index in [0.717, 1.165) is 5.56 Å². The molecule has 0 aliphatic carbocycles. The highest BCUT2D eigenvalue weighted by atomic mass is 35.5. The Labute approximate surface area is 92.4 Å². The minimum absolute atomic E-state index is 0.355. The highest BCUT2D eigenvalue weighted by molar-refractivity contribution is 6.41. The van der Waals surface area contributed by atoms with Crippen LogP contribution in [0.4, 0.5) is 0 Å². The molecular weight excluding hydrogens is 223 g/mol. The molecule has 0 saturated heterocycles. The second kappa shape index (κ2) is 5.86. The topological polar surface area (TPSA) is 47.6 Å². The zero-order valence-electron chi connectivity index (χ0n) is 7.41. The van der Waals surface area contributed by atoms with E-state index in [9.17, 15) is 0 Å². The molecule has 3 nitrogen and oxygen atoms in total. The van der Waals surface area contributed by atoms with Gasteiger partial charge >= 0.3 is 0 Å². The van der Waals surface area contributed by atoms with Crippen LogP contribution >= 0.6 is 23.2 Å². The van der Waals surface area contributed by atoms with Gasteiger partial charge in [-0.2, -0.15) is 0 Å². The molecule has 0 heterocycles. The molecule has 76 valence electrons. The number of halogens is 2. The van der Waals surface area contributed by atoms with Crippen molar-refractivity contribution in [3.05, 3.63) is 33.8 Å². The summed E-state index contributed by atoms with van der Waals surface area (Å²) in [6.07, 6.45) is 1.48. The monoisotopic (exact) mass is 232 g/mol. The minimum atomic E-state index is 0.355. The van der Waals surface area contributed by atoms with E-state index in [-0.39, 0.29) is 0 Å². The van der Waals surface area contributed by atoms with Crippen LogP contribution in [0.5, 0.6) is 0 Å². The van der Waals surface area contributed by atoms with Gasteiger partial charge in [-0.25, -0.2) is 0 Å². The number of benzene rings is 1. The molecule has 0 fully saturated rings. The van der Waals surface area contributed by atoms with Crippen molar-refractivity contribution in [2.45, 2.75) is 6.61 Å². The average molecular weight is 233 g/mol. The number of nitrogens with two attached hydrogens (primary N) is 1. The molecule has 0 saturated carbocycles. The molecular formula is C9H10Cl2N2O. The summed E-state index contributed by atoms with van der Waals surface area (Å²) in [6.45, 7) is 0.717. The van der Waals surface area contributed by atoms with E-state index in [4.69, 9.17) is 33.8 Å². The fourth-order valence-corrected chi connectivity index (χ4v) is 1.16. The van der Waals surface area contributed by atoms with E-state index >= 15 is 0 Å². The molecule has 14 heavy (non-hydrogen) atoms. The average Bonchev–Trinajstić information content (AvgIpc) is 2.18. The summed E-state index contributed by atoms with van der Waals surface area (Å²) in [5, 5.41) is 4.65. The fourth-order valence-electron chi connectivity index (χ4n) is 0.837. The molecule has 0 amide bonds. The lowest BCUT2D eigenvalue weighted by molar-refractivity contribution is 0.131. The molecule has 1 aromatic rings. The minimum Gasteiger partial charge on any atom is -0.391 e. The zero-order chi connectivity index (χ0) is 10.4. The van der Waals surface area contributed by atoms with E-state index in [1.165, 1.54) is 6.21 Å². The number of oxime groups is 1. The second-order valence-electron chi connectivity index (χ2n) is 2.55. The Bertz CT molecular complexity index is 329. The maximum absolute atomic E-state index is 5.81. The van der Waals surface area contributed by atoms with Crippen molar-refractivity contribution in [3.8, 4) is 0 Å². The van der Waals surface area contributed by atoms with E-state index in [2.05, 4.69) is 5.16 Å². The quantitative estimate of drug-likeness (QED) is 0.641. The summed E-state index contributed by atoms with van der Waals surface area (Å²) >= 11 is 11.6. The van der Waals surface area contributed by atoms with Crippen LogP contribution < -0.4 is 5.73 Å². The highest BCUT2D eigenvalue weighted by Crippen LogP contribution is 2.22. The third-order valence-corrected chi connectivity index (χ3v) is 2.21. The van der Waals surface area contributed by atoms with E-state index < -0.39 is 0 Å². The first-order chi connectivity index (χ1) is 6.74. The van der Waals surface area contributed by atoms with Gasteiger partial charge in [-0.1, -0.05) is 34.4 Å². The molecule has 0 aliphatic rings. The van der Waals surface area contributed by atoms with Crippen LogP contribution in [0.25, 0.3) is 0 Å². The molecule has 0 unspecified atom stereocenters. The number of hydrogen-bond donors (Lipinski definition) is 1. The molecule has 0 bridgehead atoms. The van der Waals surface area contributed by atoms with Crippen molar-refractivity contribution in [2.75, 3.05) is 6.54 Å². The van der Waals surface area contributed by atoms with Gasteiger partial charge in [0.05, 0.1) is 16.3 Å². The van der Waals surface area contributed by atoms with E-state index in [1.54, 1.807) is 12.1 Å². The van der Waals surface area contributed by atoms with Crippen LogP contribution in [0, 0.1) is 0 Å². The van der Waals surface area contributed by atoms with Crippen molar-refractivity contribution in [3.63, 3.8) is 0 Å². The fraction of sp³-hybridized carbons (Fsp3) is 0.222. The Hall–Kier alpha value is -0.770. The number of nitrogens with zero attached hydrogens (tertiary/aromatic N) is 1. The lowest BCUT2D eigenvalue weighted by Gasteiger charge is -2.01. The van der Waals surface area contributed by atoms with Crippen LogP contribution in [0.1, 0.15) is 5.56 Å². The van der Waals surface area contributed by atoms with Crippen LogP contribution in [-0.4, -0.2) is 12.8 Å². The van der Waals surface area contributed by atoms with Gasteiger partial charge in [0.15, 0.2) is 0 Å². The first kappa shape index (κ1) is 11.3. The maximum atomic E-state index is 5.81. The van der Waals surface area contributed by atoms with Gasteiger partial charge in [-0.3, -0.25) is 0 Å². The Morgan fingerprint density at radius 3 is 2.79 bits per heavy atom.